The third kappa shape index (κ3) is 4.82. The van der Waals surface area contributed by atoms with Gasteiger partial charge in [0, 0.05) is 12.8 Å². The highest BCUT2D eigenvalue weighted by Gasteiger charge is 2.14. The molecule has 0 saturated heterocycles. The molecule has 2 amide bonds. The van der Waals surface area contributed by atoms with Gasteiger partial charge in [-0.05, 0) is 36.8 Å². The number of benzene rings is 2. The van der Waals surface area contributed by atoms with Crippen LogP contribution in [0.15, 0.2) is 54.6 Å². The first-order valence-corrected chi connectivity index (χ1v) is 7.15. The third-order valence-electron chi connectivity index (χ3n) is 3.27. The number of amides is 2. The van der Waals surface area contributed by atoms with Crippen LogP contribution in [0.5, 0.6) is 0 Å². The first-order valence-electron chi connectivity index (χ1n) is 7.15. The molecule has 2 aromatic carbocycles. The summed E-state index contributed by atoms with van der Waals surface area (Å²) < 4.78 is 5.23. The molecule has 0 radical (unpaired) electrons. The molecule has 0 heterocycles. The van der Waals surface area contributed by atoms with Gasteiger partial charge in [0.1, 0.15) is 0 Å². The summed E-state index contributed by atoms with van der Waals surface area (Å²) in [5.41, 5.74) is 7.14. The van der Waals surface area contributed by atoms with Crippen LogP contribution in [0.2, 0.25) is 0 Å². The second kappa shape index (κ2) is 7.95. The SMILES string of the molecule is CO[C@@H](C)c1cccc(NC(=O)C(=O)NNc2ccccc2)c1. The topological polar surface area (TPSA) is 79.5 Å². The average Bonchev–Trinajstić information content (AvgIpc) is 2.60. The van der Waals surface area contributed by atoms with Crippen LogP contribution in [0.3, 0.4) is 0 Å². The Balaban J connectivity index is 1.92. The fourth-order valence-electron chi connectivity index (χ4n) is 1.90. The Morgan fingerprint density at radius 1 is 0.957 bits per heavy atom. The van der Waals surface area contributed by atoms with Crippen molar-refractivity contribution in [2.75, 3.05) is 17.9 Å². The second-order valence-corrected chi connectivity index (χ2v) is 4.90. The van der Waals surface area contributed by atoms with Gasteiger partial charge < -0.3 is 10.1 Å². The molecule has 120 valence electrons. The monoisotopic (exact) mass is 313 g/mol. The van der Waals surface area contributed by atoms with Gasteiger partial charge in [-0.2, -0.15) is 0 Å². The minimum atomic E-state index is -0.779. The molecule has 0 unspecified atom stereocenters. The zero-order chi connectivity index (χ0) is 16.7. The standard InChI is InChI=1S/C17H19N3O3/c1-12(23-2)13-7-6-10-15(11-13)18-16(21)17(22)20-19-14-8-4-3-5-9-14/h3-12,19H,1-2H3,(H,18,21)(H,20,22)/t12-/m0/s1. The summed E-state index contributed by atoms with van der Waals surface area (Å²) in [6.07, 6.45) is -0.0968. The number of rotatable bonds is 5. The molecule has 0 bridgehead atoms. The summed E-state index contributed by atoms with van der Waals surface area (Å²) in [6, 6.07) is 16.2. The van der Waals surface area contributed by atoms with Gasteiger partial charge in [0.15, 0.2) is 0 Å². The van der Waals surface area contributed by atoms with E-state index in [-0.39, 0.29) is 6.10 Å². The maximum absolute atomic E-state index is 11.9. The van der Waals surface area contributed by atoms with Crippen LogP contribution >= 0.6 is 0 Å². The molecule has 0 fully saturated rings. The maximum Gasteiger partial charge on any atom is 0.327 e. The molecular formula is C17H19N3O3. The Bertz CT molecular complexity index is 674. The Labute approximate surface area is 134 Å². The molecule has 0 aliphatic rings. The van der Waals surface area contributed by atoms with Crippen molar-refractivity contribution in [1.82, 2.24) is 5.43 Å². The van der Waals surface area contributed by atoms with Gasteiger partial charge >= 0.3 is 11.8 Å². The molecular weight excluding hydrogens is 294 g/mol. The minimum absolute atomic E-state index is 0.0968. The van der Waals surface area contributed by atoms with Crippen LogP contribution in [0.1, 0.15) is 18.6 Å². The second-order valence-electron chi connectivity index (χ2n) is 4.90. The van der Waals surface area contributed by atoms with Gasteiger partial charge in [-0.3, -0.25) is 20.4 Å². The van der Waals surface area contributed by atoms with Crippen molar-refractivity contribution >= 4 is 23.2 Å². The lowest BCUT2D eigenvalue weighted by Crippen LogP contribution is -2.38. The minimum Gasteiger partial charge on any atom is -0.377 e. The number of hydrogen-bond donors (Lipinski definition) is 3. The largest absolute Gasteiger partial charge is 0.377 e. The van der Waals surface area contributed by atoms with E-state index in [9.17, 15) is 9.59 Å². The van der Waals surface area contributed by atoms with Gasteiger partial charge in [0.25, 0.3) is 0 Å². The predicted molar refractivity (Wildman–Crippen MR) is 88.7 cm³/mol. The van der Waals surface area contributed by atoms with Crippen molar-refractivity contribution in [2.45, 2.75) is 13.0 Å². The number of carbonyl (C=O) groups excluding carboxylic acids is 2. The zero-order valence-corrected chi connectivity index (χ0v) is 13.0. The molecule has 6 nitrogen and oxygen atoms in total. The first kappa shape index (κ1) is 16.5. The van der Waals surface area contributed by atoms with Gasteiger partial charge in [0.05, 0.1) is 11.8 Å². The lowest BCUT2D eigenvalue weighted by molar-refractivity contribution is -0.135. The highest BCUT2D eigenvalue weighted by molar-refractivity contribution is 6.39. The molecule has 0 aliphatic heterocycles. The fourth-order valence-corrected chi connectivity index (χ4v) is 1.90. The van der Waals surface area contributed by atoms with Crippen molar-refractivity contribution in [1.29, 1.82) is 0 Å². The highest BCUT2D eigenvalue weighted by atomic mass is 16.5. The quantitative estimate of drug-likeness (QED) is 0.585. The normalized spacial score (nSPS) is 11.4. The van der Waals surface area contributed by atoms with E-state index in [0.717, 1.165) is 5.56 Å². The van der Waals surface area contributed by atoms with Crippen LogP contribution in [-0.2, 0) is 14.3 Å². The van der Waals surface area contributed by atoms with Crippen molar-refractivity contribution in [3.63, 3.8) is 0 Å². The molecule has 3 N–H and O–H groups in total. The number of anilines is 2. The van der Waals surface area contributed by atoms with E-state index in [1.165, 1.54) is 0 Å². The molecule has 23 heavy (non-hydrogen) atoms. The summed E-state index contributed by atoms with van der Waals surface area (Å²) in [7, 11) is 1.61. The molecule has 2 aromatic rings. The highest BCUT2D eigenvalue weighted by Crippen LogP contribution is 2.19. The molecule has 6 heteroatoms. The lowest BCUT2D eigenvalue weighted by Gasteiger charge is -2.12. The number of hydrogen-bond acceptors (Lipinski definition) is 4. The number of ether oxygens (including phenoxy) is 1. The van der Waals surface area contributed by atoms with Crippen LogP contribution in [0.4, 0.5) is 11.4 Å². The Morgan fingerprint density at radius 2 is 1.65 bits per heavy atom. The van der Waals surface area contributed by atoms with E-state index in [0.29, 0.717) is 11.4 Å². The fraction of sp³-hybridized carbons (Fsp3) is 0.176. The van der Waals surface area contributed by atoms with E-state index in [4.69, 9.17) is 4.74 Å². The Hall–Kier alpha value is -2.86. The zero-order valence-electron chi connectivity index (χ0n) is 13.0. The number of nitrogens with one attached hydrogen (secondary N) is 3. The lowest BCUT2D eigenvalue weighted by atomic mass is 10.1. The van der Waals surface area contributed by atoms with Gasteiger partial charge in [-0.1, -0.05) is 30.3 Å². The molecule has 1 atom stereocenters. The summed E-state index contributed by atoms with van der Waals surface area (Å²) >= 11 is 0. The van der Waals surface area contributed by atoms with Gasteiger partial charge in [0.2, 0.25) is 0 Å². The number of carbonyl (C=O) groups is 2. The van der Waals surface area contributed by atoms with E-state index >= 15 is 0 Å². The van der Waals surface area contributed by atoms with E-state index < -0.39 is 11.8 Å². The predicted octanol–water partition coefficient (Wildman–Crippen LogP) is 2.48. The van der Waals surface area contributed by atoms with Crippen LogP contribution in [0.25, 0.3) is 0 Å². The van der Waals surface area contributed by atoms with E-state index in [1.807, 2.05) is 31.2 Å². The van der Waals surface area contributed by atoms with Crippen molar-refractivity contribution in [3.05, 3.63) is 60.2 Å². The third-order valence-corrected chi connectivity index (χ3v) is 3.27. The number of methoxy groups -OCH3 is 1. The molecule has 0 aromatic heterocycles. The Kier molecular flexibility index (Phi) is 5.71. The number of para-hydroxylation sites is 1. The average molecular weight is 313 g/mol. The first-order chi connectivity index (χ1) is 11.1. The molecule has 0 saturated carbocycles. The van der Waals surface area contributed by atoms with Crippen LogP contribution < -0.4 is 16.2 Å². The van der Waals surface area contributed by atoms with Crippen molar-refractivity contribution < 1.29 is 14.3 Å². The molecule has 2 rings (SSSR count). The molecule has 0 spiro atoms. The summed E-state index contributed by atoms with van der Waals surface area (Å²) in [4.78, 5) is 23.7. The Morgan fingerprint density at radius 3 is 2.35 bits per heavy atom. The summed E-state index contributed by atoms with van der Waals surface area (Å²) in [5, 5.41) is 2.55. The van der Waals surface area contributed by atoms with Gasteiger partial charge in [-0.25, -0.2) is 0 Å². The van der Waals surface area contributed by atoms with Crippen LogP contribution in [-0.4, -0.2) is 18.9 Å². The van der Waals surface area contributed by atoms with Crippen molar-refractivity contribution in [3.8, 4) is 0 Å². The number of hydrazine groups is 1. The van der Waals surface area contributed by atoms with E-state index in [2.05, 4.69) is 16.2 Å². The maximum atomic E-state index is 11.9. The van der Waals surface area contributed by atoms with Gasteiger partial charge in [-0.15, -0.1) is 0 Å². The van der Waals surface area contributed by atoms with Crippen LogP contribution in [0, 0.1) is 0 Å². The summed E-state index contributed by atoms with van der Waals surface area (Å²) in [5.74, 6) is -1.53. The smallest absolute Gasteiger partial charge is 0.327 e. The van der Waals surface area contributed by atoms with Crippen molar-refractivity contribution in [2.24, 2.45) is 0 Å². The molecule has 0 aliphatic carbocycles. The van der Waals surface area contributed by atoms with E-state index in [1.54, 1.807) is 37.4 Å². The summed E-state index contributed by atoms with van der Waals surface area (Å²) in [6.45, 7) is 1.90.